The molecule has 0 spiro atoms. The number of hydrogen-bond donors (Lipinski definition) is 0. The molecule has 0 bridgehead atoms. The van der Waals surface area contributed by atoms with E-state index in [1.165, 1.54) is 16.7 Å². The van der Waals surface area contributed by atoms with Crippen molar-refractivity contribution in [2.75, 3.05) is 41.4 Å². The number of amides is 1. The lowest BCUT2D eigenvalue weighted by Gasteiger charge is -2.38. The minimum atomic E-state index is 0.102. The summed E-state index contributed by atoms with van der Waals surface area (Å²) < 4.78 is 11.0. The first-order valence-electron chi connectivity index (χ1n) is 9.29. The molecular formula is C22H28N2O3. The van der Waals surface area contributed by atoms with E-state index in [2.05, 4.69) is 41.3 Å². The van der Waals surface area contributed by atoms with E-state index < -0.39 is 0 Å². The highest BCUT2D eigenvalue weighted by Crippen LogP contribution is 2.40. The summed E-state index contributed by atoms with van der Waals surface area (Å²) in [4.78, 5) is 16.2. The van der Waals surface area contributed by atoms with Crippen LogP contribution in [0.3, 0.4) is 0 Å². The smallest absolute Gasteiger partial charge is 0.223 e. The molecule has 0 fully saturated rings. The van der Waals surface area contributed by atoms with E-state index in [1.807, 2.05) is 6.07 Å². The van der Waals surface area contributed by atoms with Crippen LogP contribution in [-0.2, 0) is 11.2 Å². The first kappa shape index (κ1) is 19.2. The third kappa shape index (κ3) is 4.08. The Morgan fingerprint density at radius 2 is 1.78 bits per heavy atom. The lowest BCUT2D eigenvalue weighted by atomic mass is 9.87. The number of benzene rings is 2. The number of carbonyl (C=O) groups excluding carboxylic acids is 1. The molecule has 1 unspecified atom stereocenters. The van der Waals surface area contributed by atoms with Gasteiger partial charge in [0, 0.05) is 33.6 Å². The molecular weight excluding hydrogens is 340 g/mol. The molecule has 1 amide bonds. The van der Waals surface area contributed by atoms with Gasteiger partial charge in [-0.1, -0.05) is 30.3 Å². The van der Waals surface area contributed by atoms with Crippen LogP contribution in [0.5, 0.6) is 11.5 Å². The van der Waals surface area contributed by atoms with Crippen LogP contribution >= 0.6 is 0 Å². The fourth-order valence-corrected chi connectivity index (χ4v) is 3.73. The summed E-state index contributed by atoms with van der Waals surface area (Å²) in [6, 6.07) is 14.7. The van der Waals surface area contributed by atoms with Crippen molar-refractivity contribution < 1.29 is 14.3 Å². The van der Waals surface area contributed by atoms with Crippen LogP contribution in [0.2, 0.25) is 0 Å². The normalized spacial score (nSPS) is 16.5. The number of ether oxygens (including phenoxy) is 2. The molecule has 1 atom stereocenters. The molecule has 0 N–H and O–H groups in total. The first-order valence-corrected chi connectivity index (χ1v) is 9.29. The summed E-state index contributed by atoms with van der Waals surface area (Å²) in [6.07, 6.45) is 1.44. The Morgan fingerprint density at radius 1 is 1.11 bits per heavy atom. The standard InChI is InChI=1S/C22H28N2O3/c1-23(2)21(25)11-13-24-12-10-17-14-19(26-3)20(27-4)15-18(17)22(24)16-8-6-5-7-9-16/h5-9,14-15,22H,10-13H2,1-4H3. The van der Waals surface area contributed by atoms with Gasteiger partial charge < -0.3 is 14.4 Å². The molecule has 2 aromatic carbocycles. The van der Waals surface area contributed by atoms with Crippen molar-refractivity contribution >= 4 is 5.91 Å². The Morgan fingerprint density at radius 3 is 2.41 bits per heavy atom. The molecule has 2 aromatic rings. The lowest BCUT2D eigenvalue weighted by Crippen LogP contribution is -2.38. The third-order valence-corrected chi connectivity index (χ3v) is 5.20. The highest BCUT2D eigenvalue weighted by Gasteiger charge is 2.30. The monoisotopic (exact) mass is 368 g/mol. The van der Waals surface area contributed by atoms with Crippen molar-refractivity contribution in [2.24, 2.45) is 0 Å². The second-order valence-electron chi connectivity index (χ2n) is 7.04. The second kappa shape index (κ2) is 8.44. The Bertz CT molecular complexity index is 790. The molecule has 0 radical (unpaired) electrons. The minimum Gasteiger partial charge on any atom is -0.493 e. The molecule has 1 aliphatic rings. The van der Waals surface area contributed by atoms with Gasteiger partial charge in [-0.05, 0) is 35.2 Å². The van der Waals surface area contributed by atoms with E-state index in [-0.39, 0.29) is 11.9 Å². The highest BCUT2D eigenvalue weighted by atomic mass is 16.5. The fourth-order valence-electron chi connectivity index (χ4n) is 3.73. The van der Waals surface area contributed by atoms with Crippen LogP contribution < -0.4 is 9.47 Å². The molecule has 3 rings (SSSR count). The Hall–Kier alpha value is -2.53. The molecule has 1 aliphatic heterocycles. The molecule has 0 saturated carbocycles. The molecule has 0 aliphatic carbocycles. The molecule has 5 nitrogen and oxygen atoms in total. The summed E-state index contributed by atoms with van der Waals surface area (Å²) in [5.74, 6) is 1.66. The molecule has 0 saturated heterocycles. The number of nitrogens with zero attached hydrogens (tertiary/aromatic N) is 2. The van der Waals surface area contributed by atoms with Crippen molar-refractivity contribution in [3.8, 4) is 11.5 Å². The van der Waals surface area contributed by atoms with Gasteiger partial charge in [-0.15, -0.1) is 0 Å². The number of hydrogen-bond acceptors (Lipinski definition) is 4. The number of methoxy groups -OCH3 is 2. The van der Waals surface area contributed by atoms with Gasteiger partial charge in [0.1, 0.15) is 0 Å². The SMILES string of the molecule is COc1cc2c(cc1OC)C(c1ccccc1)N(CCC(=O)N(C)C)CC2. The van der Waals surface area contributed by atoms with Gasteiger partial charge in [0.25, 0.3) is 0 Å². The van der Waals surface area contributed by atoms with Gasteiger partial charge in [0.2, 0.25) is 5.91 Å². The van der Waals surface area contributed by atoms with Crippen molar-refractivity contribution in [2.45, 2.75) is 18.9 Å². The topological polar surface area (TPSA) is 42.0 Å². The van der Waals surface area contributed by atoms with Crippen molar-refractivity contribution in [1.29, 1.82) is 0 Å². The lowest BCUT2D eigenvalue weighted by molar-refractivity contribution is -0.129. The zero-order valence-corrected chi connectivity index (χ0v) is 16.6. The van der Waals surface area contributed by atoms with Crippen molar-refractivity contribution in [3.05, 3.63) is 59.2 Å². The largest absolute Gasteiger partial charge is 0.493 e. The summed E-state index contributed by atoms with van der Waals surface area (Å²) >= 11 is 0. The average Bonchev–Trinajstić information content (AvgIpc) is 2.70. The van der Waals surface area contributed by atoms with Gasteiger partial charge in [-0.2, -0.15) is 0 Å². The van der Waals surface area contributed by atoms with Crippen molar-refractivity contribution in [1.82, 2.24) is 9.80 Å². The van der Waals surface area contributed by atoms with Crippen LogP contribution in [-0.4, -0.2) is 57.1 Å². The zero-order valence-electron chi connectivity index (χ0n) is 16.6. The molecule has 0 aromatic heterocycles. The molecule has 27 heavy (non-hydrogen) atoms. The van der Waals surface area contributed by atoms with E-state index in [0.29, 0.717) is 6.42 Å². The Kier molecular flexibility index (Phi) is 6.01. The van der Waals surface area contributed by atoms with Gasteiger partial charge >= 0.3 is 0 Å². The zero-order chi connectivity index (χ0) is 19.4. The Labute approximate surface area is 161 Å². The summed E-state index contributed by atoms with van der Waals surface area (Å²) in [5.41, 5.74) is 3.72. The van der Waals surface area contributed by atoms with Crippen LogP contribution in [0.15, 0.2) is 42.5 Å². The third-order valence-electron chi connectivity index (χ3n) is 5.20. The molecule has 144 valence electrons. The quantitative estimate of drug-likeness (QED) is 0.786. The number of rotatable bonds is 6. The average molecular weight is 368 g/mol. The van der Waals surface area contributed by atoms with Crippen LogP contribution in [0.25, 0.3) is 0 Å². The molecule has 5 heteroatoms. The summed E-state index contributed by atoms with van der Waals surface area (Å²) in [5, 5.41) is 0. The van der Waals surface area contributed by atoms with Gasteiger partial charge in [-0.25, -0.2) is 0 Å². The maximum Gasteiger partial charge on any atom is 0.223 e. The van der Waals surface area contributed by atoms with E-state index in [9.17, 15) is 4.79 Å². The summed E-state index contributed by atoms with van der Waals surface area (Å²) in [6.45, 7) is 1.63. The molecule has 1 heterocycles. The van der Waals surface area contributed by atoms with Crippen molar-refractivity contribution in [3.63, 3.8) is 0 Å². The predicted octanol–water partition coefficient (Wildman–Crippen LogP) is 3.13. The maximum absolute atomic E-state index is 12.1. The second-order valence-corrected chi connectivity index (χ2v) is 7.04. The van der Waals surface area contributed by atoms with Crippen LogP contribution in [0.1, 0.15) is 29.2 Å². The summed E-state index contributed by atoms with van der Waals surface area (Å²) in [7, 11) is 6.94. The van der Waals surface area contributed by atoms with Crippen LogP contribution in [0, 0.1) is 0 Å². The van der Waals surface area contributed by atoms with E-state index in [4.69, 9.17) is 9.47 Å². The maximum atomic E-state index is 12.1. The fraction of sp³-hybridized carbons (Fsp3) is 0.409. The van der Waals surface area contributed by atoms with E-state index >= 15 is 0 Å². The first-order chi connectivity index (χ1) is 13.0. The van der Waals surface area contributed by atoms with Gasteiger partial charge in [0.15, 0.2) is 11.5 Å². The number of fused-ring (bicyclic) bond motifs is 1. The Balaban J connectivity index is 1.99. The van der Waals surface area contributed by atoms with Gasteiger partial charge in [-0.3, -0.25) is 9.69 Å². The highest BCUT2D eigenvalue weighted by molar-refractivity contribution is 5.75. The van der Waals surface area contributed by atoms with Crippen LogP contribution in [0.4, 0.5) is 0 Å². The van der Waals surface area contributed by atoms with Gasteiger partial charge in [0.05, 0.1) is 20.3 Å². The predicted molar refractivity (Wildman–Crippen MR) is 106 cm³/mol. The number of carbonyl (C=O) groups is 1. The van der Waals surface area contributed by atoms with E-state index in [1.54, 1.807) is 33.2 Å². The minimum absolute atomic E-state index is 0.102. The van der Waals surface area contributed by atoms with E-state index in [0.717, 1.165) is 31.0 Å².